The van der Waals surface area contributed by atoms with E-state index in [2.05, 4.69) is 16.7 Å². The number of aromatic nitrogens is 3. The molecule has 2 fully saturated rings. The van der Waals surface area contributed by atoms with Crippen LogP contribution in [0.15, 0.2) is 61.4 Å². The number of carbonyl (C=O) groups is 2. The number of anilines is 1. The van der Waals surface area contributed by atoms with Crippen LogP contribution in [0.25, 0.3) is 0 Å². The molecular weight excluding hydrogens is 646 g/mol. The van der Waals surface area contributed by atoms with Crippen LogP contribution in [0.1, 0.15) is 40.9 Å². The first-order valence-electron chi connectivity index (χ1n) is 15.1. The third-order valence-electron chi connectivity index (χ3n) is 8.66. The highest BCUT2D eigenvalue weighted by Gasteiger charge is 2.56. The molecule has 10 nitrogen and oxygen atoms in total. The lowest BCUT2D eigenvalue weighted by atomic mass is 9.80. The zero-order valence-corrected chi connectivity index (χ0v) is 26.2. The quantitative estimate of drug-likeness (QED) is 0.238. The second-order valence-corrected chi connectivity index (χ2v) is 11.5. The minimum Gasteiger partial charge on any atom is -0.495 e. The molecule has 48 heavy (non-hydrogen) atoms. The molecule has 16 heteroatoms. The summed E-state index contributed by atoms with van der Waals surface area (Å²) in [6.45, 7) is 4.76. The Kier molecular flexibility index (Phi) is 9.65. The SMILES string of the molecule is C=CCC1N(C(=O)c2cnccc2C(F)(F)F)CCCC1(Oc1cc(C(F)(F)F)n(C)n1)C(=O)N1CCN(c2ccccc2OC)CC1. The lowest BCUT2D eigenvalue weighted by molar-refractivity contribution is -0.159. The Labute approximate surface area is 272 Å². The average molecular weight is 681 g/mol. The van der Waals surface area contributed by atoms with Crippen molar-refractivity contribution >= 4 is 17.5 Å². The number of para-hydroxylation sites is 2. The summed E-state index contributed by atoms with van der Waals surface area (Å²) < 4.78 is 95.3. The summed E-state index contributed by atoms with van der Waals surface area (Å²) in [5.41, 5.74) is -4.30. The van der Waals surface area contributed by atoms with E-state index in [4.69, 9.17) is 9.47 Å². The van der Waals surface area contributed by atoms with Gasteiger partial charge >= 0.3 is 12.4 Å². The smallest absolute Gasteiger partial charge is 0.433 e. The first-order valence-corrected chi connectivity index (χ1v) is 15.1. The van der Waals surface area contributed by atoms with E-state index in [-0.39, 0.29) is 38.9 Å². The second kappa shape index (κ2) is 13.4. The van der Waals surface area contributed by atoms with Gasteiger partial charge in [0.05, 0.1) is 30.0 Å². The van der Waals surface area contributed by atoms with Crippen LogP contribution in [-0.2, 0) is 24.2 Å². The van der Waals surface area contributed by atoms with E-state index in [1.807, 2.05) is 23.1 Å². The number of ether oxygens (including phenoxy) is 2. The normalized spacial score (nSPS) is 20.4. The zero-order chi connectivity index (χ0) is 34.9. The zero-order valence-electron chi connectivity index (χ0n) is 26.2. The fourth-order valence-corrected chi connectivity index (χ4v) is 6.44. The number of nitrogens with zero attached hydrogens (tertiary/aromatic N) is 6. The fraction of sp³-hybridized carbons (Fsp3) is 0.438. The van der Waals surface area contributed by atoms with Gasteiger partial charge in [-0.15, -0.1) is 11.7 Å². The Bertz CT molecular complexity index is 1650. The number of amides is 2. The predicted octanol–water partition coefficient (Wildman–Crippen LogP) is 5.21. The highest BCUT2D eigenvalue weighted by atomic mass is 19.4. The Morgan fingerprint density at radius 3 is 2.38 bits per heavy atom. The first kappa shape index (κ1) is 34.6. The lowest BCUT2D eigenvalue weighted by Crippen LogP contribution is -2.69. The number of rotatable bonds is 8. The van der Waals surface area contributed by atoms with E-state index in [0.29, 0.717) is 35.7 Å². The standard InChI is InChI=1S/C32H34F6N6O4/c1-4-8-25-30(48-27-19-26(32(36,37)38)41(2)40-27,12-7-14-44(25)28(45)21-20-39-13-11-22(21)31(33,34)35)29(46)43-17-15-42(16-18-43)23-9-5-6-10-24(23)47-3/h4-6,9-11,13,19-20,25H,1,7-8,12,14-18H2,2-3H3. The molecule has 3 aromatic rings. The van der Waals surface area contributed by atoms with Crippen LogP contribution < -0.4 is 14.4 Å². The Balaban J connectivity index is 1.54. The number of hydrogen-bond acceptors (Lipinski definition) is 7. The highest BCUT2D eigenvalue weighted by molar-refractivity contribution is 5.97. The molecule has 2 amide bonds. The minimum atomic E-state index is -4.88. The molecule has 0 bridgehead atoms. The van der Waals surface area contributed by atoms with Gasteiger partial charge in [0.2, 0.25) is 11.5 Å². The first-order chi connectivity index (χ1) is 22.7. The number of hydrogen-bond donors (Lipinski definition) is 0. The second-order valence-electron chi connectivity index (χ2n) is 11.5. The minimum absolute atomic E-state index is 0.0560. The van der Waals surface area contributed by atoms with Crippen LogP contribution >= 0.6 is 0 Å². The number of pyridine rings is 1. The number of carbonyl (C=O) groups excluding carboxylic acids is 2. The monoisotopic (exact) mass is 680 g/mol. The summed E-state index contributed by atoms with van der Waals surface area (Å²) >= 11 is 0. The van der Waals surface area contributed by atoms with Gasteiger partial charge in [-0.25, -0.2) is 0 Å². The molecule has 2 unspecified atom stereocenters. The van der Waals surface area contributed by atoms with E-state index in [0.717, 1.165) is 30.0 Å². The average Bonchev–Trinajstić information content (AvgIpc) is 3.44. The van der Waals surface area contributed by atoms with E-state index < -0.39 is 58.5 Å². The number of benzene rings is 1. The Hall–Kier alpha value is -4.76. The molecule has 2 aromatic heterocycles. The molecule has 4 heterocycles. The van der Waals surface area contributed by atoms with Crippen molar-refractivity contribution in [2.45, 2.75) is 43.3 Å². The van der Waals surface area contributed by atoms with Crippen molar-refractivity contribution in [2.75, 3.05) is 44.7 Å². The molecule has 2 atom stereocenters. The maximum Gasteiger partial charge on any atom is 0.433 e. The predicted molar refractivity (Wildman–Crippen MR) is 161 cm³/mol. The summed E-state index contributed by atoms with van der Waals surface area (Å²) in [7, 11) is 2.61. The molecule has 2 aliphatic heterocycles. The van der Waals surface area contributed by atoms with Gasteiger partial charge in [-0.2, -0.15) is 26.3 Å². The van der Waals surface area contributed by atoms with E-state index in [1.54, 1.807) is 13.2 Å². The van der Waals surface area contributed by atoms with Gasteiger partial charge in [-0.05, 0) is 31.0 Å². The molecule has 0 aliphatic carbocycles. The van der Waals surface area contributed by atoms with Gasteiger partial charge in [0, 0.05) is 64.7 Å². The summed E-state index contributed by atoms with van der Waals surface area (Å²) in [5, 5.41) is 3.88. The van der Waals surface area contributed by atoms with E-state index >= 15 is 0 Å². The van der Waals surface area contributed by atoms with Gasteiger partial charge in [0.15, 0.2) is 0 Å². The molecule has 1 aromatic carbocycles. The summed E-state index contributed by atoms with van der Waals surface area (Å²) in [6.07, 6.45) is -6.67. The molecule has 258 valence electrons. The maximum atomic E-state index is 14.7. The fourth-order valence-electron chi connectivity index (χ4n) is 6.44. The van der Waals surface area contributed by atoms with Crippen LogP contribution in [0, 0.1) is 0 Å². The largest absolute Gasteiger partial charge is 0.495 e. The van der Waals surface area contributed by atoms with Crippen LogP contribution in [0.5, 0.6) is 11.6 Å². The molecule has 0 saturated carbocycles. The van der Waals surface area contributed by atoms with Gasteiger partial charge in [-0.1, -0.05) is 18.2 Å². The molecular formula is C32H34F6N6O4. The number of likely N-dealkylation sites (tertiary alicyclic amines) is 1. The van der Waals surface area contributed by atoms with Crippen molar-refractivity contribution in [1.29, 1.82) is 0 Å². The van der Waals surface area contributed by atoms with Gasteiger partial charge in [0.25, 0.3) is 11.8 Å². The van der Waals surface area contributed by atoms with Gasteiger partial charge in [-0.3, -0.25) is 19.3 Å². The van der Waals surface area contributed by atoms with Crippen LogP contribution in [0.2, 0.25) is 0 Å². The molecule has 2 aliphatic rings. The summed E-state index contributed by atoms with van der Waals surface area (Å²) in [5.74, 6) is -1.57. The topological polar surface area (TPSA) is 93.0 Å². The number of piperidine rings is 1. The van der Waals surface area contributed by atoms with E-state index in [1.165, 1.54) is 11.0 Å². The third kappa shape index (κ3) is 6.65. The van der Waals surface area contributed by atoms with Crippen LogP contribution in [-0.4, -0.2) is 87.9 Å². The molecule has 5 rings (SSSR count). The summed E-state index contributed by atoms with van der Waals surface area (Å²) in [6, 6.07) is 7.43. The van der Waals surface area contributed by atoms with Crippen LogP contribution in [0.3, 0.4) is 0 Å². The van der Waals surface area contributed by atoms with E-state index in [9.17, 15) is 35.9 Å². The van der Waals surface area contributed by atoms with Crippen molar-refractivity contribution < 1.29 is 45.4 Å². The number of aryl methyl sites for hydroxylation is 1. The van der Waals surface area contributed by atoms with Crippen molar-refractivity contribution in [3.63, 3.8) is 0 Å². The van der Waals surface area contributed by atoms with Gasteiger partial charge in [0.1, 0.15) is 11.4 Å². The maximum absolute atomic E-state index is 14.7. The van der Waals surface area contributed by atoms with Crippen molar-refractivity contribution in [3.05, 3.63) is 78.3 Å². The molecule has 2 saturated heterocycles. The molecule has 0 spiro atoms. The highest BCUT2D eigenvalue weighted by Crippen LogP contribution is 2.41. The van der Waals surface area contributed by atoms with Gasteiger partial charge < -0.3 is 24.2 Å². The number of piperazine rings is 1. The van der Waals surface area contributed by atoms with Crippen molar-refractivity contribution in [2.24, 2.45) is 7.05 Å². The number of alkyl halides is 6. The number of halogens is 6. The number of methoxy groups -OCH3 is 1. The Morgan fingerprint density at radius 1 is 1.04 bits per heavy atom. The van der Waals surface area contributed by atoms with Crippen LogP contribution in [0.4, 0.5) is 32.0 Å². The lowest BCUT2D eigenvalue weighted by Gasteiger charge is -2.50. The molecule has 0 N–H and O–H groups in total. The Morgan fingerprint density at radius 2 is 1.75 bits per heavy atom. The third-order valence-corrected chi connectivity index (χ3v) is 8.66. The molecule has 0 radical (unpaired) electrons. The summed E-state index contributed by atoms with van der Waals surface area (Å²) in [4.78, 5) is 37.0. The van der Waals surface area contributed by atoms with Crippen molar-refractivity contribution in [1.82, 2.24) is 24.6 Å². The van der Waals surface area contributed by atoms with Crippen molar-refractivity contribution in [3.8, 4) is 11.6 Å².